The number of benzene rings is 1. The van der Waals surface area contributed by atoms with Crippen LogP contribution in [0.3, 0.4) is 0 Å². The lowest BCUT2D eigenvalue weighted by atomic mass is 9.76. The minimum atomic E-state index is -4.40. The summed E-state index contributed by atoms with van der Waals surface area (Å²) in [6.45, 7) is 4.97. The van der Waals surface area contributed by atoms with Crippen molar-refractivity contribution in [3.63, 3.8) is 0 Å². The van der Waals surface area contributed by atoms with Crippen molar-refractivity contribution in [1.29, 1.82) is 0 Å². The average molecular weight is 320 g/mol. The molecule has 0 saturated carbocycles. The maximum Gasteiger partial charge on any atom is 0.491 e. The van der Waals surface area contributed by atoms with Crippen molar-refractivity contribution in [1.82, 2.24) is 0 Å². The van der Waals surface area contributed by atoms with Gasteiger partial charge in [-0.15, -0.1) is 0 Å². The van der Waals surface area contributed by atoms with Gasteiger partial charge in [0.1, 0.15) is 5.75 Å². The fraction of sp³-hybridized carbons (Fsp3) is 0.571. The molecule has 1 aromatic rings. The first-order chi connectivity index (χ1) is 9.82. The summed E-state index contributed by atoms with van der Waals surface area (Å²) in [4.78, 5) is 0. The first-order valence-corrected chi connectivity index (χ1v) is 6.69. The van der Waals surface area contributed by atoms with E-state index in [0.717, 1.165) is 0 Å². The zero-order valence-corrected chi connectivity index (χ0v) is 12.9. The Morgan fingerprint density at radius 2 is 1.55 bits per heavy atom. The van der Waals surface area contributed by atoms with Gasteiger partial charge in [0.25, 0.3) is 0 Å². The van der Waals surface area contributed by atoms with Crippen LogP contribution in [-0.4, -0.2) is 41.2 Å². The molecule has 0 saturated heterocycles. The lowest BCUT2D eigenvalue weighted by molar-refractivity contribution is -0.153. The van der Waals surface area contributed by atoms with Gasteiger partial charge >= 0.3 is 13.3 Å². The Balaban J connectivity index is 2.70. The highest BCUT2D eigenvalue weighted by atomic mass is 19.4. The Hall–Kier alpha value is -1.25. The van der Waals surface area contributed by atoms with Crippen LogP contribution in [0.4, 0.5) is 13.2 Å². The first-order valence-electron chi connectivity index (χ1n) is 6.69. The van der Waals surface area contributed by atoms with E-state index in [4.69, 9.17) is 4.65 Å². The lowest BCUT2D eigenvalue weighted by Gasteiger charge is -2.38. The zero-order valence-electron chi connectivity index (χ0n) is 12.9. The second kappa shape index (κ2) is 6.48. The van der Waals surface area contributed by atoms with Gasteiger partial charge < -0.3 is 19.5 Å². The van der Waals surface area contributed by atoms with E-state index < -0.39 is 31.1 Å². The molecule has 22 heavy (non-hydrogen) atoms. The van der Waals surface area contributed by atoms with Crippen LogP contribution in [0.2, 0.25) is 0 Å². The van der Waals surface area contributed by atoms with Crippen molar-refractivity contribution in [2.24, 2.45) is 0 Å². The highest BCUT2D eigenvalue weighted by molar-refractivity contribution is 6.60. The second-order valence-corrected chi connectivity index (χ2v) is 6.01. The molecule has 1 rings (SSSR count). The molecule has 124 valence electrons. The van der Waals surface area contributed by atoms with Crippen LogP contribution in [-0.2, 0) is 4.65 Å². The topological polar surface area (TPSA) is 58.9 Å². The largest absolute Gasteiger partial charge is 0.491 e. The van der Waals surface area contributed by atoms with Crippen molar-refractivity contribution < 1.29 is 32.7 Å². The Labute approximate surface area is 128 Å². The van der Waals surface area contributed by atoms with Crippen molar-refractivity contribution in [3.8, 4) is 5.75 Å². The van der Waals surface area contributed by atoms with Gasteiger partial charge in [0.2, 0.25) is 0 Å². The van der Waals surface area contributed by atoms with Crippen molar-refractivity contribution in [2.45, 2.75) is 45.1 Å². The van der Waals surface area contributed by atoms with Gasteiger partial charge in [0.05, 0.1) is 11.2 Å². The fourth-order valence-corrected chi connectivity index (χ4v) is 1.39. The highest BCUT2D eigenvalue weighted by Crippen LogP contribution is 2.25. The third-order valence-corrected chi connectivity index (χ3v) is 3.45. The minimum Gasteiger partial charge on any atom is -0.484 e. The van der Waals surface area contributed by atoms with Gasteiger partial charge in [-0.2, -0.15) is 13.2 Å². The lowest BCUT2D eigenvalue weighted by Crippen LogP contribution is -2.53. The molecule has 0 bridgehead atoms. The predicted molar refractivity (Wildman–Crippen MR) is 77.1 cm³/mol. The third kappa shape index (κ3) is 5.51. The van der Waals surface area contributed by atoms with Crippen LogP contribution in [0.15, 0.2) is 24.3 Å². The molecule has 0 aliphatic rings. The van der Waals surface area contributed by atoms with Gasteiger partial charge in [-0.1, -0.05) is 12.1 Å². The first kappa shape index (κ1) is 18.8. The van der Waals surface area contributed by atoms with Gasteiger partial charge in [-0.25, -0.2) is 0 Å². The molecule has 0 aliphatic heterocycles. The zero-order chi connectivity index (χ0) is 17.2. The standard InChI is InChI=1S/C14H20BF3O4/c1-12(2,19)13(3,4)22-15(20)10-5-7-11(8-6-10)21-9-14(16,17)18/h5-8,19-20H,9H2,1-4H3. The summed E-state index contributed by atoms with van der Waals surface area (Å²) < 4.78 is 46.1. The van der Waals surface area contributed by atoms with E-state index >= 15 is 0 Å². The molecule has 0 heterocycles. The van der Waals surface area contributed by atoms with Gasteiger partial charge in [-0.3, -0.25) is 0 Å². The monoisotopic (exact) mass is 320 g/mol. The minimum absolute atomic E-state index is 0.0371. The van der Waals surface area contributed by atoms with Crippen LogP contribution in [0.25, 0.3) is 0 Å². The molecular weight excluding hydrogens is 300 g/mol. The number of ether oxygens (including phenoxy) is 1. The number of alkyl halides is 3. The average Bonchev–Trinajstić information content (AvgIpc) is 2.34. The molecule has 2 N–H and O–H groups in total. The predicted octanol–water partition coefficient (Wildman–Crippen LogP) is 1.88. The molecule has 0 radical (unpaired) electrons. The molecule has 1 aromatic carbocycles. The fourth-order valence-electron chi connectivity index (χ4n) is 1.39. The van der Waals surface area contributed by atoms with Crippen LogP contribution in [0.1, 0.15) is 27.7 Å². The SMILES string of the molecule is CC(C)(O)C(C)(C)OB(O)c1ccc(OCC(F)(F)F)cc1. The molecule has 0 aromatic heterocycles. The molecule has 0 fully saturated rings. The number of hydrogen-bond acceptors (Lipinski definition) is 4. The highest BCUT2D eigenvalue weighted by Gasteiger charge is 2.39. The maximum absolute atomic E-state index is 12.0. The number of halogens is 3. The number of rotatable bonds is 6. The molecule has 0 spiro atoms. The Morgan fingerprint density at radius 1 is 1.05 bits per heavy atom. The second-order valence-electron chi connectivity index (χ2n) is 6.01. The summed E-state index contributed by atoms with van der Waals surface area (Å²) in [5, 5.41) is 20.0. The maximum atomic E-state index is 12.0. The van der Waals surface area contributed by atoms with E-state index in [0.29, 0.717) is 5.46 Å². The van der Waals surface area contributed by atoms with E-state index in [1.165, 1.54) is 24.3 Å². The van der Waals surface area contributed by atoms with Crippen molar-refractivity contribution in [2.75, 3.05) is 6.61 Å². The van der Waals surface area contributed by atoms with Crippen molar-refractivity contribution >= 4 is 12.6 Å². The van der Waals surface area contributed by atoms with Crippen LogP contribution in [0.5, 0.6) is 5.75 Å². The van der Waals surface area contributed by atoms with Crippen LogP contribution >= 0.6 is 0 Å². The normalized spacial score (nSPS) is 13.1. The smallest absolute Gasteiger partial charge is 0.484 e. The van der Waals surface area contributed by atoms with E-state index in [1.807, 2.05) is 0 Å². The number of hydrogen-bond donors (Lipinski definition) is 2. The molecule has 8 heteroatoms. The molecule has 4 nitrogen and oxygen atoms in total. The van der Waals surface area contributed by atoms with E-state index in [-0.39, 0.29) is 5.75 Å². The summed E-state index contributed by atoms with van der Waals surface area (Å²) in [6.07, 6.45) is -4.40. The summed E-state index contributed by atoms with van der Waals surface area (Å²) in [5.74, 6) is 0.0371. The van der Waals surface area contributed by atoms with Gasteiger partial charge in [0.15, 0.2) is 6.61 Å². The van der Waals surface area contributed by atoms with Crippen molar-refractivity contribution in [3.05, 3.63) is 24.3 Å². The molecule has 0 amide bonds. The van der Waals surface area contributed by atoms with Crippen LogP contribution in [0, 0.1) is 0 Å². The Bertz CT molecular complexity index is 480. The Morgan fingerprint density at radius 3 is 1.95 bits per heavy atom. The quantitative estimate of drug-likeness (QED) is 0.786. The molecule has 0 atom stereocenters. The van der Waals surface area contributed by atoms with Crippen LogP contribution < -0.4 is 10.2 Å². The van der Waals surface area contributed by atoms with Gasteiger partial charge in [-0.05, 0) is 45.3 Å². The molecule has 0 unspecified atom stereocenters. The van der Waals surface area contributed by atoms with E-state index in [9.17, 15) is 23.3 Å². The Kier molecular flexibility index (Phi) is 5.54. The summed E-state index contributed by atoms with van der Waals surface area (Å²) in [5.41, 5.74) is -1.88. The van der Waals surface area contributed by atoms with E-state index in [2.05, 4.69) is 4.74 Å². The van der Waals surface area contributed by atoms with Gasteiger partial charge in [0, 0.05) is 0 Å². The third-order valence-electron chi connectivity index (χ3n) is 3.45. The molecule has 0 aliphatic carbocycles. The summed E-state index contributed by atoms with van der Waals surface area (Å²) >= 11 is 0. The summed E-state index contributed by atoms with van der Waals surface area (Å²) in [7, 11) is -1.32. The summed E-state index contributed by atoms with van der Waals surface area (Å²) in [6, 6.07) is 5.42. The number of aliphatic hydroxyl groups is 1. The molecular formula is C14H20BF3O4. The van der Waals surface area contributed by atoms with E-state index in [1.54, 1.807) is 27.7 Å².